The largest absolute Gasteiger partial charge is 0.375 e. The summed E-state index contributed by atoms with van der Waals surface area (Å²) in [6.45, 7) is 5.34. The van der Waals surface area contributed by atoms with Gasteiger partial charge < -0.3 is 10.1 Å². The van der Waals surface area contributed by atoms with Crippen molar-refractivity contribution in [2.45, 2.75) is 26.0 Å². The van der Waals surface area contributed by atoms with Crippen LogP contribution in [0.15, 0.2) is 6.20 Å². The van der Waals surface area contributed by atoms with Gasteiger partial charge in [-0.25, -0.2) is 4.68 Å². The number of ether oxygens (including phenoxy) is 1. The summed E-state index contributed by atoms with van der Waals surface area (Å²) in [7, 11) is 0. The molecular formula is C9H16N4O. The molecule has 5 nitrogen and oxygen atoms in total. The average Bonchev–Trinajstić information content (AvgIpc) is 2.85. The van der Waals surface area contributed by atoms with Crippen molar-refractivity contribution in [1.29, 1.82) is 0 Å². The topological polar surface area (TPSA) is 52.0 Å². The molecule has 0 bridgehead atoms. The molecule has 0 aromatic carbocycles. The van der Waals surface area contributed by atoms with E-state index in [4.69, 9.17) is 4.74 Å². The van der Waals surface area contributed by atoms with E-state index in [0.29, 0.717) is 12.6 Å². The van der Waals surface area contributed by atoms with Crippen LogP contribution in [0.5, 0.6) is 0 Å². The molecule has 5 heteroatoms. The molecule has 1 aromatic rings. The number of nitrogens with zero attached hydrogens (tertiary/aromatic N) is 3. The normalized spacial score (nSPS) is 21.6. The Morgan fingerprint density at radius 3 is 3.36 bits per heavy atom. The molecule has 1 aromatic heterocycles. The van der Waals surface area contributed by atoms with Gasteiger partial charge in [-0.1, -0.05) is 5.21 Å². The summed E-state index contributed by atoms with van der Waals surface area (Å²) >= 11 is 0. The van der Waals surface area contributed by atoms with Crippen molar-refractivity contribution < 1.29 is 4.74 Å². The average molecular weight is 196 g/mol. The van der Waals surface area contributed by atoms with E-state index in [1.165, 1.54) is 0 Å². The lowest BCUT2D eigenvalue weighted by atomic mass is 10.3. The molecule has 0 aliphatic carbocycles. The van der Waals surface area contributed by atoms with Crippen molar-refractivity contribution in [3.8, 4) is 0 Å². The van der Waals surface area contributed by atoms with Crippen LogP contribution >= 0.6 is 0 Å². The van der Waals surface area contributed by atoms with Gasteiger partial charge in [-0.3, -0.25) is 0 Å². The van der Waals surface area contributed by atoms with Crippen molar-refractivity contribution in [2.75, 3.05) is 19.7 Å². The molecule has 78 valence electrons. The lowest BCUT2D eigenvalue weighted by Crippen LogP contribution is -2.13. The summed E-state index contributed by atoms with van der Waals surface area (Å²) in [6.07, 6.45) is 3.12. The fourth-order valence-electron chi connectivity index (χ4n) is 1.63. The fourth-order valence-corrected chi connectivity index (χ4v) is 1.63. The molecule has 1 aliphatic heterocycles. The Labute approximate surface area is 83.4 Å². The minimum absolute atomic E-state index is 0.470. The van der Waals surface area contributed by atoms with Gasteiger partial charge in [0, 0.05) is 13.2 Å². The maximum atomic E-state index is 5.26. The predicted molar refractivity (Wildman–Crippen MR) is 51.9 cm³/mol. The zero-order valence-electron chi connectivity index (χ0n) is 8.44. The van der Waals surface area contributed by atoms with Crippen molar-refractivity contribution >= 4 is 0 Å². The molecule has 2 heterocycles. The Balaban J connectivity index is 1.94. The van der Waals surface area contributed by atoms with E-state index in [1.807, 2.05) is 17.8 Å². The van der Waals surface area contributed by atoms with Gasteiger partial charge in [0.25, 0.3) is 0 Å². The van der Waals surface area contributed by atoms with Crippen molar-refractivity contribution in [2.24, 2.45) is 0 Å². The van der Waals surface area contributed by atoms with E-state index >= 15 is 0 Å². The van der Waals surface area contributed by atoms with E-state index in [0.717, 1.165) is 31.8 Å². The van der Waals surface area contributed by atoms with E-state index in [9.17, 15) is 0 Å². The summed E-state index contributed by atoms with van der Waals surface area (Å²) in [5.41, 5.74) is 0.916. The molecule has 0 saturated carbocycles. The third kappa shape index (κ3) is 2.10. The second kappa shape index (κ2) is 4.52. The standard InChI is InChI=1S/C9H16N4O/c1-2-14-7-8-6-13(12-11-8)9-3-4-10-5-9/h6,9-10H,2-5,7H2,1H3/t9-/m1/s1. The number of aromatic nitrogens is 3. The molecule has 1 N–H and O–H groups in total. The Kier molecular flexibility index (Phi) is 3.10. The highest BCUT2D eigenvalue weighted by Gasteiger charge is 2.17. The van der Waals surface area contributed by atoms with Crippen LogP contribution in [0.2, 0.25) is 0 Å². The quantitative estimate of drug-likeness (QED) is 0.755. The monoisotopic (exact) mass is 196 g/mol. The third-order valence-electron chi connectivity index (χ3n) is 2.42. The van der Waals surface area contributed by atoms with E-state index in [2.05, 4.69) is 15.6 Å². The van der Waals surface area contributed by atoms with Crippen molar-refractivity contribution in [1.82, 2.24) is 20.3 Å². The van der Waals surface area contributed by atoms with Crippen LogP contribution in [0.4, 0.5) is 0 Å². The molecule has 14 heavy (non-hydrogen) atoms. The van der Waals surface area contributed by atoms with E-state index in [-0.39, 0.29) is 0 Å². The molecule has 0 unspecified atom stereocenters. The van der Waals surface area contributed by atoms with E-state index in [1.54, 1.807) is 0 Å². The maximum Gasteiger partial charge on any atom is 0.108 e. The third-order valence-corrected chi connectivity index (χ3v) is 2.42. The van der Waals surface area contributed by atoms with Gasteiger partial charge in [0.15, 0.2) is 0 Å². The first-order valence-electron chi connectivity index (χ1n) is 5.09. The lowest BCUT2D eigenvalue weighted by molar-refractivity contribution is 0.131. The van der Waals surface area contributed by atoms with Crippen LogP contribution in [0, 0.1) is 0 Å². The van der Waals surface area contributed by atoms with Crippen molar-refractivity contribution in [3.05, 3.63) is 11.9 Å². The molecule has 2 rings (SSSR count). The molecule has 0 radical (unpaired) electrons. The Hall–Kier alpha value is -0.940. The van der Waals surface area contributed by atoms with Gasteiger partial charge in [-0.05, 0) is 19.9 Å². The molecule has 1 atom stereocenters. The number of hydrogen-bond donors (Lipinski definition) is 1. The molecule has 1 aliphatic rings. The second-order valence-electron chi connectivity index (χ2n) is 3.47. The Morgan fingerprint density at radius 2 is 2.64 bits per heavy atom. The van der Waals surface area contributed by atoms with Crippen LogP contribution < -0.4 is 5.32 Å². The fraction of sp³-hybridized carbons (Fsp3) is 0.778. The molecular weight excluding hydrogens is 180 g/mol. The first kappa shape index (κ1) is 9.61. The van der Waals surface area contributed by atoms with Gasteiger partial charge in [0.1, 0.15) is 5.69 Å². The first-order chi connectivity index (χ1) is 6.90. The minimum Gasteiger partial charge on any atom is -0.375 e. The summed E-state index contributed by atoms with van der Waals surface area (Å²) < 4.78 is 7.20. The minimum atomic E-state index is 0.470. The summed E-state index contributed by atoms with van der Waals surface area (Å²) in [4.78, 5) is 0. The van der Waals surface area contributed by atoms with Gasteiger partial charge in [0.2, 0.25) is 0 Å². The second-order valence-corrected chi connectivity index (χ2v) is 3.47. The van der Waals surface area contributed by atoms with Gasteiger partial charge in [-0.2, -0.15) is 0 Å². The van der Waals surface area contributed by atoms with Gasteiger partial charge in [-0.15, -0.1) is 5.10 Å². The van der Waals surface area contributed by atoms with Crippen molar-refractivity contribution in [3.63, 3.8) is 0 Å². The molecule has 1 saturated heterocycles. The van der Waals surface area contributed by atoms with Crippen LogP contribution in [0.1, 0.15) is 25.1 Å². The highest BCUT2D eigenvalue weighted by Crippen LogP contribution is 2.13. The van der Waals surface area contributed by atoms with E-state index < -0.39 is 0 Å². The Bertz CT molecular complexity index is 280. The maximum absolute atomic E-state index is 5.26. The first-order valence-corrected chi connectivity index (χ1v) is 5.09. The summed E-state index contributed by atoms with van der Waals surface area (Å²) in [5.74, 6) is 0. The molecule has 1 fully saturated rings. The lowest BCUT2D eigenvalue weighted by Gasteiger charge is -2.05. The highest BCUT2D eigenvalue weighted by atomic mass is 16.5. The zero-order valence-corrected chi connectivity index (χ0v) is 8.44. The molecule has 0 spiro atoms. The van der Waals surface area contributed by atoms with Gasteiger partial charge >= 0.3 is 0 Å². The molecule has 0 amide bonds. The predicted octanol–water partition coefficient (Wildman–Crippen LogP) is 0.349. The smallest absolute Gasteiger partial charge is 0.108 e. The zero-order chi connectivity index (χ0) is 9.80. The number of hydrogen-bond acceptors (Lipinski definition) is 4. The number of rotatable bonds is 4. The van der Waals surface area contributed by atoms with Crippen LogP contribution in [0.3, 0.4) is 0 Å². The number of nitrogens with one attached hydrogen (secondary N) is 1. The van der Waals surface area contributed by atoms with Crippen LogP contribution in [-0.2, 0) is 11.3 Å². The summed E-state index contributed by atoms with van der Waals surface area (Å²) in [6, 6.07) is 0.470. The highest BCUT2D eigenvalue weighted by molar-refractivity contribution is 4.92. The SMILES string of the molecule is CCOCc1cn([C@@H]2CCNC2)nn1. The van der Waals surface area contributed by atoms with Gasteiger partial charge in [0.05, 0.1) is 18.8 Å². The van der Waals surface area contributed by atoms with Crippen LogP contribution in [0.25, 0.3) is 0 Å². The summed E-state index contributed by atoms with van der Waals surface area (Å²) in [5, 5.41) is 11.5. The Morgan fingerprint density at radius 1 is 1.71 bits per heavy atom. The van der Waals surface area contributed by atoms with Crippen LogP contribution in [-0.4, -0.2) is 34.7 Å².